The smallest absolute Gasteiger partial charge is 0.262 e. The standard InChI is InChI=1S/C28H34N4O3S/c1-20(9-14-26(34)29-19-33)32-21(2)30-24-7-6-8-25(27(24)28(32)35)36-18-23-12-10-22(11-13-23)17-31-15-4-3-5-16-31/h6-8,10-13,19-20H,3-5,9,14-18H2,1-2H3,(H,29,33,34). The van der Waals surface area contributed by atoms with Crippen LogP contribution in [0, 0.1) is 6.92 Å². The third-order valence-electron chi connectivity index (χ3n) is 6.79. The van der Waals surface area contributed by atoms with Crippen molar-refractivity contribution in [3.63, 3.8) is 0 Å². The van der Waals surface area contributed by atoms with Gasteiger partial charge in [0.15, 0.2) is 0 Å². The topological polar surface area (TPSA) is 84.3 Å². The molecule has 1 N–H and O–H groups in total. The predicted octanol–water partition coefficient (Wildman–Crippen LogP) is 4.60. The molecule has 7 nitrogen and oxygen atoms in total. The second-order valence-corrected chi connectivity index (χ2v) is 10.5. The predicted molar refractivity (Wildman–Crippen MR) is 144 cm³/mol. The summed E-state index contributed by atoms with van der Waals surface area (Å²) in [4.78, 5) is 43.9. The molecule has 190 valence electrons. The Balaban J connectivity index is 1.49. The molecule has 1 fully saturated rings. The number of imide groups is 1. The van der Waals surface area contributed by atoms with Crippen LogP contribution < -0.4 is 10.9 Å². The maximum Gasteiger partial charge on any atom is 0.262 e. The molecule has 2 heterocycles. The van der Waals surface area contributed by atoms with Crippen LogP contribution >= 0.6 is 11.8 Å². The van der Waals surface area contributed by atoms with Gasteiger partial charge in [-0.05, 0) is 69.5 Å². The van der Waals surface area contributed by atoms with Gasteiger partial charge in [-0.15, -0.1) is 11.8 Å². The molecule has 0 radical (unpaired) electrons. The van der Waals surface area contributed by atoms with Gasteiger partial charge >= 0.3 is 0 Å². The van der Waals surface area contributed by atoms with Crippen molar-refractivity contribution in [2.45, 2.75) is 69.2 Å². The van der Waals surface area contributed by atoms with E-state index in [1.54, 1.807) is 16.3 Å². The molecule has 1 aliphatic rings. The van der Waals surface area contributed by atoms with Crippen molar-refractivity contribution < 1.29 is 9.59 Å². The van der Waals surface area contributed by atoms with Gasteiger partial charge in [-0.2, -0.15) is 0 Å². The molecule has 1 aliphatic heterocycles. The molecule has 2 amide bonds. The van der Waals surface area contributed by atoms with Gasteiger partial charge in [0.2, 0.25) is 12.3 Å². The monoisotopic (exact) mass is 506 g/mol. The Kier molecular flexibility index (Phi) is 8.93. The molecule has 1 atom stereocenters. The molecule has 1 aromatic heterocycles. The van der Waals surface area contributed by atoms with Gasteiger partial charge in [-0.25, -0.2) is 4.98 Å². The van der Waals surface area contributed by atoms with E-state index in [9.17, 15) is 14.4 Å². The number of rotatable bonds is 10. The molecule has 0 aliphatic carbocycles. The van der Waals surface area contributed by atoms with E-state index >= 15 is 0 Å². The van der Waals surface area contributed by atoms with Crippen molar-refractivity contribution in [1.29, 1.82) is 0 Å². The van der Waals surface area contributed by atoms with Gasteiger partial charge in [0.1, 0.15) is 5.82 Å². The van der Waals surface area contributed by atoms with Gasteiger partial charge in [0, 0.05) is 29.7 Å². The lowest BCUT2D eigenvalue weighted by Crippen LogP contribution is -2.29. The second kappa shape index (κ2) is 12.3. The van der Waals surface area contributed by atoms with E-state index in [4.69, 9.17) is 4.98 Å². The number of nitrogens with zero attached hydrogens (tertiary/aromatic N) is 3. The number of hydrogen-bond acceptors (Lipinski definition) is 6. The first-order valence-corrected chi connectivity index (χ1v) is 13.6. The van der Waals surface area contributed by atoms with Crippen molar-refractivity contribution in [3.8, 4) is 0 Å². The number of carbonyl (C=O) groups excluding carboxylic acids is 2. The lowest BCUT2D eigenvalue weighted by atomic mass is 10.1. The fourth-order valence-corrected chi connectivity index (χ4v) is 5.87. The number of thioether (sulfide) groups is 1. The van der Waals surface area contributed by atoms with E-state index in [1.165, 1.54) is 43.5 Å². The molecule has 0 spiro atoms. The van der Waals surface area contributed by atoms with Gasteiger partial charge in [0.25, 0.3) is 5.56 Å². The summed E-state index contributed by atoms with van der Waals surface area (Å²) in [5.41, 5.74) is 3.14. The second-order valence-electron chi connectivity index (χ2n) is 9.50. The third kappa shape index (κ3) is 6.42. The summed E-state index contributed by atoms with van der Waals surface area (Å²) in [6.07, 6.45) is 4.92. The summed E-state index contributed by atoms with van der Waals surface area (Å²) in [6.45, 7) is 7.10. The van der Waals surface area contributed by atoms with Crippen LogP contribution in [0.2, 0.25) is 0 Å². The lowest BCUT2D eigenvalue weighted by molar-refractivity contribution is -0.125. The zero-order valence-corrected chi connectivity index (χ0v) is 21.9. The van der Waals surface area contributed by atoms with Crippen LogP contribution in [0.3, 0.4) is 0 Å². The molecule has 3 aromatic rings. The number of aryl methyl sites for hydroxylation is 1. The first-order valence-electron chi connectivity index (χ1n) is 12.6. The van der Waals surface area contributed by atoms with E-state index in [0.29, 0.717) is 29.6 Å². The Hall–Kier alpha value is -2.97. The zero-order chi connectivity index (χ0) is 25.5. The van der Waals surface area contributed by atoms with Gasteiger partial charge in [-0.3, -0.25) is 29.2 Å². The molecular weight excluding hydrogens is 472 g/mol. The number of piperidine rings is 1. The molecule has 36 heavy (non-hydrogen) atoms. The highest BCUT2D eigenvalue weighted by molar-refractivity contribution is 7.98. The SMILES string of the molecule is Cc1nc2cccc(SCc3ccc(CN4CCCCC4)cc3)c2c(=O)n1C(C)CCC(=O)NC=O. The van der Waals surface area contributed by atoms with Gasteiger partial charge in [0.05, 0.1) is 10.9 Å². The minimum Gasteiger partial charge on any atom is -0.299 e. The number of amides is 2. The Morgan fingerprint density at radius 3 is 2.56 bits per heavy atom. The van der Waals surface area contributed by atoms with Crippen LogP contribution in [-0.4, -0.2) is 39.9 Å². The summed E-state index contributed by atoms with van der Waals surface area (Å²) in [7, 11) is 0. The summed E-state index contributed by atoms with van der Waals surface area (Å²) in [6, 6.07) is 14.4. The maximum atomic E-state index is 13.6. The fraction of sp³-hybridized carbons (Fsp3) is 0.429. The summed E-state index contributed by atoms with van der Waals surface area (Å²) >= 11 is 1.64. The Morgan fingerprint density at radius 2 is 1.83 bits per heavy atom. The normalized spacial score (nSPS) is 15.1. The van der Waals surface area contributed by atoms with Crippen molar-refractivity contribution in [1.82, 2.24) is 19.8 Å². The van der Waals surface area contributed by atoms with Crippen molar-refractivity contribution in [2.75, 3.05) is 13.1 Å². The van der Waals surface area contributed by atoms with E-state index in [1.807, 2.05) is 32.0 Å². The van der Waals surface area contributed by atoms with Crippen LogP contribution in [0.1, 0.15) is 62.0 Å². The largest absolute Gasteiger partial charge is 0.299 e. The summed E-state index contributed by atoms with van der Waals surface area (Å²) in [5.74, 6) is 1.02. The zero-order valence-electron chi connectivity index (χ0n) is 21.0. The van der Waals surface area contributed by atoms with E-state index in [-0.39, 0.29) is 23.9 Å². The van der Waals surface area contributed by atoms with Crippen LogP contribution in [0.25, 0.3) is 10.9 Å². The molecule has 0 bridgehead atoms. The first-order chi connectivity index (χ1) is 17.5. The first kappa shape index (κ1) is 26.1. The van der Waals surface area contributed by atoms with Gasteiger partial charge in [-0.1, -0.05) is 36.8 Å². The number of hydrogen-bond donors (Lipinski definition) is 1. The lowest BCUT2D eigenvalue weighted by Gasteiger charge is -2.26. The van der Waals surface area contributed by atoms with Crippen LogP contribution in [-0.2, 0) is 21.9 Å². The highest BCUT2D eigenvalue weighted by Gasteiger charge is 2.17. The highest BCUT2D eigenvalue weighted by atomic mass is 32.2. The molecule has 4 rings (SSSR count). The van der Waals surface area contributed by atoms with E-state index < -0.39 is 0 Å². The number of nitrogens with one attached hydrogen (secondary N) is 1. The quantitative estimate of drug-likeness (QED) is 0.320. The number of benzene rings is 2. The Morgan fingerprint density at radius 1 is 1.11 bits per heavy atom. The van der Waals surface area contributed by atoms with Crippen LogP contribution in [0.5, 0.6) is 0 Å². The number of aromatic nitrogens is 2. The average molecular weight is 507 g/mol. The van der Waals surface area contributed by atoms with Crippen molar-refractivity contribution in [2.24, 2.45) is 0 Å². The molecular formula is C28H34N4O3S. The summed E-state index contributed by atoms with van der Waals surface area (Å²) < 4.78 is 1.66. The Labute approximate surface area is 216 Å². The fourth-order valence-electron chi connectivity index (χ4n) is 4.85. The van der Waals surface area contributed by atoms with E-state index in [2.05, 4.69) is 34.5 Å². The minimum atomic E-state index is -0.352. The third-order valence-corrected chi connectivity index (χ3v) is 7.92. The average Bonchev–Trinajstić information content (AvgIpc) is 2.87. The molecule has 2 aromatic carbocycles. The van der Waals surface area contributed by atoms with Crippen LogP contribution in [0.15, 0.2) is 52.2 Å². The molecule has 1 saturated heterocycles. The van der Waals surface area contributed by atoms with Crippen molar-refractivity contribution >= 4 is 35.0 Å². The number of fused-ring (bicyclic) bond motifs is 1. The molecule has 8 heteroatoms. The maximum absolute atomic E-state index is 13.6. The van der Waals surface area contributed by atoms with E-state index in [0.717, 1.165) is 17.2 Å². The number of likely N-dealkylation sites (tertiary alicyclic amines) is 1. The minimum absolute atomic E-state index is 0.0965. The number of carbonyl (C=O) groups is 2. The van der Waals surface area contributed by atoms with Crippen molar-refractivity contribution in [3.05, 3.63) is 69.8 Å². The summed E-state index contributed by atoms with van der Waals surface area (Å²) in [5, 5.41) is 2.76. The van der Waals surface area contributed by atoms with Crippen LogP contribution in [0.4, 0.5) is 0 Å². The molecule has 0 saturated carbocycles. The Bertz CT molecular complexity index is 1270. The van der Waals surface area contributed by atoms with Gasteiger partial charge < -0.3 is 0 Å². The molecule has 1 unspecified atom stereocenters. The highest BCUT2D eigenvalue weighted by Crippen LogP contribution is 2.29.